The highest BCUT2D eigenvalue weighted by atomic mass is 16.5. The molecule has 2 rings (SSSR count). The van der Waals surface area contributed by atoms with Crippen molar-refractivity contribution in [2.24, 2.45) is 4.99 Å². The van der Waals surface area contributed by atoms with E-state index in [1.807, 2.05) is 45.0 Å². The molecule has 1 aromatic rings. The normalized spacial score (nSPS) is 13.0. The third kappa shape index (κ3) is 2.31. The van der Waals surface area contributed by atoms with Crippen LogP contribution in [-0.4, -0.2) is 5.90 Å². The molecule has 1 aromatic carbocycles. The van der Waals surface area contributed by atoms with E-state index in [4.69, 9.17) is 4.74 Å². The molecule has 0 spiro atoms. The first-order chi connectivity index (χ1) is 6.36. The average molecular weight is 177 g/mol. The number of fused-ring (bicyclic) bond motifs is 1. The van der Waals surface area contributed by atoms with E-state index >= 15 is 0 Å². The Labute approximate surface area is 79.3 Å². The van der Waals surface area contributed by atoms with Gasteiger partial charge in [-0.2, -0.15) is 0 Å². The Morgan fingerprint density at radius 3 is 2.69 bits per heavy atom. The van der Waals surface area contributed by atoms with Gasteiger partial charge in [0.05, 0.1) is 5.69 Å². The summed E-state index contributed by atoms with van der Waals surface area (Å²) in [6.07, 6.45) is 0. The summed E-state index contributed by atoms with van der Waals surface area (Å²) in [5, 5.41) is 0. The number of hydrogen-bond acceptors (Lipinski definition) is 2. The minimum absolute atomic E-state index is 0.658. The molecule has 0 aromatic heterocycles. The molecule has 1 aliphatic heterocycles. The lowest BCUT2D eigenvalue weighted by molar-refractivity contribution is 0.284. The monoisotopic (exact) mass is 177 g/mol. The van der Waals surface area contributed by atoms with Crippen LogP contribution in [0, 0.1) is 0 Å². The first-order valence-corrected chi connectivity index (χ1v) is 4.62. The fourth-order valence-electron chi connectivity index (χ4n) is 1.13. The lowest BCUT2D eigenvalue weighted by Gasteiger charge is -2.13. The van der Waals surface area contributed by atoms with Crippen molar-refractivity contribution in [1.29, 1.82) is 0 Å². The van der Waals surface area contributed by atoms with Crippen molar-refractivity contribution in [3.05, 3.63) is 29.8 Å². The van der Waals surface area contributed by atoms with Crippen molar-refractivity contribution in [2.75, 3.05) is 0 Å². The van der Waals surface area contributed by atoms with E-state index in [1.165, 1.54) is 0 Å². The second-order valence-electron chi connectivity index (χ2n) is 2.55. The highest BCUT2D eigenvalue weighted by Crippen LogP contribution is 2.23. The minimum atomic E-state index is 0.658. The fourth-order valence-corrected chi connectivity index (χ4v) is 1.13. The molecule has 0 N–H and O–H groups in total. The van der Waals surface area contributed by atoms with Gasteiger partial charge >= 0.3 is 0 Å². The van der Waals surface area contributed by atoms with E-state index in [1.54, 1.807) is 0 Å². The summed E-state index contributed by atoms with van der Waals surface area (Å²) in [4.78, 5) is 4.24. The Morgan fingerprint density at radius 1 is 1.23 bits per heavy atom. The molecule has 0 fully saturated rings. The van der Waals surface area contributed by atoms with Crippen molar-refractivity contribution in [3.8, 4) is 0 Å². The van der Waals surface area contributed by atoms with Crippen LogP contribution in [0.2, 0.25) is 0 Å². The van der Waals surface area contributed by atoms with Gasteiger partial charge in [0.25, 0.3) is 0 Å². The van der Waals surface area contributed by atoms with E-state index < -0.39 is 0 Å². The van der Waals surface area contributed by atoms with Crippen LogP contribution in [0.5, 0.6) is 0 Å². The maximum atomic E-state index is 5.25. The maximum absolute atomic E-state index is 5.25. The van der Waals surface area contributed by atoms with Gasteiger partial charge in [0.15, 0.2) is 5.90 Å². The van der Waals surface area contributed by atoms with Gasteiger partial charge in [-0.3, -0.25) is 0 Å². The lowest BCUT2D eigenvalue weighted by atomic mass is 10.2. The zero-order chi connectivity index (χ0) is 9.68. The summed E-state index contributed by atoms with van der Waals surface area (Å²) in [6.45, 7) is 6.53. The number of rotatable bonds is 0. The van der Waals surface area contributed by atoms with Gasteiger partial charge in [-0.15, -0.1) is 0 Å². The number of para-hydroxylation sites is 1. The Bertz CT molecular complexity index is 305. The second kappa shape index (κ2) is 4.65. The number of hydrogen-bond donors (Lipinski definition) is 0. The number of aliphatic imine (C=N–C) groups is 1. The van der Waals surface area contributed by atoms with Crippen molar-refractivity contribution in [3.63, 3.8) is 0 Å². The third-order valence-electron chi connectivity index (χ3n) is 1.71. The molecule has 0 amide bonds. The van der Waals surface area contributed by atoms with Crippen molar-refractivity contribution < 1.29 is 4.74 Å². The van der Waals surface area contributed by atoms with Crippen LogP contribution < -0.4 is 0 Å². The van der Waals surface area contributed by atoms with Gasteiger partial charge in [0, 0.05) is 12.5 Å². The van der Waals surface area contributed by atoms with Crippen molar-refractivity contribution in [2.45, 2.75) is 27.4 Å². The third-order valence-corrected chi connectivity index (χ3v) is 1.71. The minimum Gasteiger partial charge on any atom is -0.476 e. The van der Waals surface area contributed by atoms with Gasteiger partial charge in [-0.25, -0.2) is 4.99 Å². The molecule has 2 nitrogen and oxygen atoms in total. The standard InChI is InChI=1S/C9H9NO.C2H6/c1-7-10-9-5-3-2-4-8(9)6-11-7;1-2/h2-5H,6H2,1H3;1-2H3. The smallest absolute Gasteiger partial charge is 0.185 e. The zero-order valence-electron chi connectivity index (χ0n) is 8.37. The SMILES string of the molecule is CC.CC1=Nc2ccccc2CO1. The molecule has 1 heterocycles. The quantitative estimate of drug-likeness (QED) is 0.596. The predicted octanol–water partition coefficient (Wildman–Crippen LogP) is 3.29. The molecule has 0 atom stereocenters. The zero-order valence-corrected chi connectivity index (χ0v) is 8.37. The summed E-state index contributed by atoms with van der Waals surface area (Å²) in [6, 6.07) is 8.02. The topological polar surface area (TPSA) is 21.6 Å². The van der Waals surface area contributed by atoms with Crippen LogP contribution in [0.25, 0.3) is 0 Å². The highest BCUT2D eigenvalue weighted by Gasteiger charge is 2.07. The van der Waals surface area contributed by atoms with Gasteiger partial charge in [-0.1, -0.05) is 32.0 Å². The largest absolute Gasteiger partial charge is 0.476 e. The summed E-state index contributed by atoms with van der Waals surface area (Å²) < 4.78 is 5.25. The molecule has 0 bridgehead atoms. The average Bonchev–Trinajstić information content (AvgIpc) is 2.21. The number of benzene rings is 1. The van der Waals surface area contributed by atoms with E-state index in [9.17, 15) is 0 Å². The van der Waals surface area contributed by atoms with Gasteiger partial charge in [-0.05, 0) is 6.07 Å². The number of nitrogens with zero attached hydrogens (tertiary/aromatic N) is 1. The first kappa shape index (κ1) is 9.78. The Balaban J connectivity index is 0.000000396. The van der Waals surface area contributed by atoms with Gasteiger partial charge in [0.2, 0.25) is 0 Å². The molecule has 0 unspecified atom stereocenters. The Kier molecular flexibility index (Phi) is 3.50. The second-order valence-corrected chi connectivity index (χ2v) is 2.55. The van der Waals surface area contributed by atoms with Crippen LogP contribution in [0.1, 0.15) is 26.3 Å². The van der Waals surface area contributed by atoms with Crippen molar-refractivity contribution in [1.82, 2.24) is 0 Å². The molecule has 2 heteroatoms. The highest BCUT2D eigenvalue weighted by molar-refractivity contribution is 5.78. The van der Waals surface area contributed by atoms with Crippen molar-refractivity contribution >= 4 is 11.6 Å². The van der Waals surface area contributed by atoms with Gasteiger partial charge in [0.1, 0.15) is 6.61 Å². The summed E-state index contributed by atoms with van der Waals surface area (Å²) in [7, 11) is 0. The molecule has 70 valence electrons. The Hall–Kier alpha value is -1.31. The van der Waals surface area contributed by atoms with Crippen LogP contribution in [-0.2, 0) is 11.3 Å². The molecule has 13 heavy (non-hydrogen) atoms. The van der Waals surface area contributed by atoms with Crippen LogP contribution >= 0.6 is 0 Å². The van der Waals surface area contributed by atoms with Gasteiger partial charge < -0.3 is 4.74 Å². The van der Waals surface area contributed by atoms with E-state index in [-0.39, 0.29) is 0 Å². The van der Waals surface area contributed by atoms with Crippen LogP contribution in [0.4, 0.5) is 5.69 Å². The van der Waals surface area contributed by atoms with Crippen LogP contribution in [0.3, 0.4) is 0 Å². The number of ether oxygens (including phenoxy) is 1. The molecule has 0 radical (unpaired) electrons. The molecule has 0 saturated heterocycles. The maximum Gasteiger partial charge on any atom is 0.185 e. The van der Waals surface area contributed by atoms with Crippen LogP contribution in [0.15, 0.2) is 29.3 Å². The Morgan fingerprint density at radius 2 is 1.92 bits per heavy atom. The predicted molar refractivity (Wildman–Crippen MR) is 55.3 cm³/mol. The molecular formula is C11H15NO. The van der Waals surface area contributed by atoms with E-state index in [0.717, 1.165) is 17.1 Å². The summed E-state index contributed by atoms with van der Waals surface area (Å²) in [5.74, 6) is 0.753. The first-order valence-electron chi connectivity index (χ1n) is 4.62. The molecule has 0 saturated carbocycles. The van der Waals surface area contributed by atoms with E-state index in [2.05, 4.69) is 4.99 Å². The molecule has 1 aliphatic rings. The molecule has 0 aliphatic carbocycles. The lowest BCUT2D eigenvalue weighted by Crippen LogP contribution is -2.04. The summed E-state index contributed by atoms with van der Waals surface area (Å²) in [5.41, 5.74) is 2.20. The van der Waals surface area contributed by atoms with E-state index in [0.29, 0.717) is 6.61 Å². The fraction of sp³-hybridized carbons (Fsp3) is 0.364. The summed E-state index contributed by atoms with van der Waals surface area (Å²) >= 11 is 0. The molecular weight excluding hydrogens is 162 g/mol.